The van der Waals surface area contributed by atoms with Gasteiger partial charge in [-0.05, 0) is 18.9 Å². The van der Waals surface area contributed by atoms with E-state index >= 15 is 0 Å². The van der Waals surface area contributed by atoms with Gasteiger partial charge in [-0.1, -0.05) is 41.9 Å². The lowest BCUT2D eigenvalue weighted by molar-refractivity contribution is 0.285. The van der Waals surface area contributed by atoms with Gasteiger partial charge in [0.05, 0.1) is 24.6 Å². The topological polar surface area (TPSA) is 59.2 Å². The molecule has 1 aliphatic rings. The molecule has 0 saturated carbocycles. The number of rotatable bonds is 6. The Morgan fingerprint density at radius 1 is 0.967 bits per heavy atom. The number of aryl methyl sites for hydroxylation is 1. The van der Waals surface area contributed by atoms with Gasteiger partial charge < -0.3 is 4.90 Å². The van der Waals surface area contributed by atoms with Gasteiger partial charge in [-0.25, -0.2) is 4.68 Å². The minimum atomic E-state index is -0.244. The molecule has 4 rings (SSSR count). The van der Waals surface area contributed by atoms with Gasteiger partial charge in [0.1, 0.15) is 5.02 Å². The summed E-state index contributed by atoms with van der Waals surface area (Å²) >= 11 is 6.50. The summed E-state index contributed by atoms with van der Waals surface area (Å²) < 4.78 is 3.38. The molecular formula is C22H27ClN6O. The van der Waals surface area contributed by atoms with Crippen molar-refractivity contribution in [3.05, 3.63) is 75.4 Å². The van der Waals surface area contributed by atoms with Gasteiger partial charge in [-0.15, -0.1) is 0 Å². The summed E-state index contributed by atoms with van der Waals surface area (Å²) in [5, 5.41) is 9.00. The fourth-order valence-corrected chi connectivity index (χ4v) is 4.10. The van der Waals surface area contributed by atoms with Gasteiger partial charge >= 0.3 is 0 Å². The quantitative estimate of drug-likeness (QED) is 0.606. The summed E-state index contributed by atoms with van der Waals surface area (Å²) in [5.74, 6) is 0. The Kier molecular flexibility index (Phi) is 6.50. The van der Waals surface area contributed by atoms with E-state index < -0.39 is 0 Å². The molecular weight excluding hydrogens is 400 g/mol. The molecule has 3 heterocycles. The van der Waals surface area contributed by atoms with Crippen LogP contribution in [0, 0.1) is 0 Å². The van der Waals surface area contributed by atoms with Crippen LogP contribution in [-0.2, 0) is 19.6 Å². The molecule has 7 nitrogen and oxygen atoms in total. The second-order valence-corrected chi connectivity index (χ2v) is 7.99. The molecule has 158 valence electrons. The molecule has 1 fully saturated rings. The van der Waals surface area contributed by atoms with Crippen LogP contribution in [0.4, 0.5) is 5.69 Å². The van der Waals surface area contributed by atoms with E-state index in [4.69, 9.17) is 11.6 Å². The van der Waals surface area contributed by atoms with E-state index in [9.17, 15) is 4.79 Å². The smallest absolute Gasteiger partial charge is 0.287 e. The zero-order valence-corrected chi connectivity index (χ0v) is 18.0. The zero-order valence-electron chi connectivity index (χ0n) is 17.2. The van der Waals surface area contributed by atoms with Crippen molar-refractivity contribution in [2.45, 2.75) is 33.0 Å². The van der Waals surface area contributed by atoms with Crippen LogP contribution in [0.25, 0.3) is 0 Å². The maximum atomic E-state index is 12.8. The summed E-state index contributed by atoms with van der Waals surface area (Å²) in [4.78, 5) is 17.4. The summed E-state index contributed by atoms with van der Waals surface area (Å²) in [6, 6.07) is 9.81. The molecule has 1 aromatic carbocycles. The van der Waals surface area contributed by atoms with E-state index in [0.29, 0.717) is 6.54 Å². The Morgan fingerprint density at radius 2 is 1.80 bits per heavy atom. The minimum absolute atomic E-state index is 0.244. The molecule has 0 amide bonds. The largest absolute Gasteiger partial charge is 0.368 e. The van der Waals surface area contributed by atoms with Crippen molar-refractivity contribution >= 4 is 17.3 Å². The monoisotopic (exact) mass is 426 g/mol. The Labute approximate surface area is 181 Å². The molecule has 0 bridgehead atoms. The Balaban J connectivity index is 1.43. The maximum absolute atomic E-state index is 12.8. The molecule has 30 heavy (non-hydrogen) atoms. The zero-order chi connectivity index (χ0) is 20.9. The first-order valence-electron chi connectivity index (χ1n) is 10.4. The molecule has 3 aromatic rings. The first kappa shape index (κ1) is 20.6. The standard InChI is InChI=1S/C22H27ClN6O/c1-2-28-16-19(13-24-28)15-26-9-6-10-27(12-11-26)20-14-25-29(22(30)21(20)23)17-18-7-4-3-5-8-18/h3-5,7-8,13-14,16H,2,6,9-12,15,17H2,1H3. The van der Waals surface area contributed by atoms with E-state index in [2.05, 4.69) is 33.1 Å². The normalized spacial score (nSPS) is 15.3. The molecule has 0 radical (unpaired) electrons. The van der Waals surface area contributed by atoms with Crippen molar-refractivity contribution in [1.82, 2.24) is 24.5 Å². The highest BCUT2D eigenvalue weighted by atomic mass is 35.5. The molecule has 0 spiro atoms. The van der Waals surface area contributed by atoms with Crippen LogP contribution in [-0.4, -0.2) is 50.6 Å². The van der Waals surface area contributed by atoms with Gasteiger partial charge in [-0.3, -0.25) is 14.4 Å². The van der Waals surface area contributed by atoms with Crippen LogP contribution in [0.2, 0.25) is 5.02 Å². The molecule has 0 unspecified atom stereocenters. The third kappa shape index (κ3) is 4.74. The van der Waals surface area contributed by atoms with Crippen molar-refractivity contribution in [3.63, 3.8) is 0 Å². The van der Waals surface area contributed by atoms with Crippen LogP contribution in [0.5, 0.6) is 0 Å². The molecule has 1 saturated heterocycles. The fraction of sp³-hybridized carbons (Fsp3) is 0.409. The predicted molar refractivity (Wildman–Crippen MR) is 119 cm³/mol. The Hall–Kier alpha value is -2.64. The van der Waals surface area contributed by atoms with Gasteiger partial charge in [0.2, 0.25) is 0 Å². The molecule has 2 aromatic heterocycles. The number of aromatic nitrogens is 4. The van der Waals surface area contributed by atoms with Crippen LogP contribution in [0.3, 0.4) is 0 Å². The maximum Gasteiger partial charge on any atom is 0.287 e. The van der Waals surface area contributed by atoms with Crippen molar-refractivity contribution < 1.29 is 0 Å². The van der Waals surface area contributed by atoms with Crippen molar-refractivity contribution in [2.24, 2.45) is 0 Å². The third-order valence-corrected chi connectivity index (χ3v) is 5.84. The highest BCUT2D eigenvalue weighted by Gasteiger charge is 2.20. The number of anilines is 1. The van der Waals surface area contributed by atoms with Crippen molar-refractivity contribution in [3.8, 4) is 0 Å². The second kappa shape index (κ2) is 9.45. The van der Waals surface area contributed by atoms with Gasteiger partial charge in [0.25, 0.3) is 5.56 Å². The van der Waals surface area contributed by atoms with Gasteiger partial charge in [0, 0.05) is 51.0 Å². The highest BCUT2D eigenvalue weighted by molar-refractivity contribution is 6.33. The lowest BCUT2D eigenvalue weighted by Crippen LogP contribution is -2.33. The molecule has 0 N–H and O–H groups in total. The van der Waals surface area contributed by atoms with Crippen LogP contribution >= 0.6 is 11.6 Å². The fourth-order valence-electron chi connectivity index (χ4n) is 3.83. The van der Waals surface area contributed by atoms with E-state index in [1.807, 2.05) is 41.2 Å². The predicted octanol–water partition coefficient (Wildman–Crippen LogP) is 2.87. The Morgan fingerprint density at radius 3 is 2.57 bits per heavy atom. The number of nitrogens with zero attached hydrogens (tertiary/aromatic N) is 6. The summed E-state index contributed by atoms with van der Waals surface area (Å²) in [6.07, 6.45) is 6.79. The summed E-state index contributed by atoms with van der Waals surface area (Å²) in [7, 11) is 0. The van der Waals surface area contributed by atoms with E-state index in [-0.39, 0.29) is 10.6 Å². The summed E-state index contributed by atoms with van der Waals surface area (Å²) in [6.45, 7) is 7.85. The Bertz CT molecular complexity index is 1030. The van der Waals surface area contributed by atoms with E-state index in [1.54, 1.807) is 6.20 Å². The number of hydrogen-bond donors (Lipinski definition) is 0. The minimum Gasteiger partial charge on any atom is -0.368 e. The molecule has 0 atom stereocenters. The molecule has 0 aliphatic carbocycles. The number of halogens is 1. The van der Waals surface area contributed by atoms with Crippen LogP contribution in [0.1, 0.15) is 24.5 Å². The average Bonchev–Trinajstić information content (AvgIpc) is 3.10. The van der Waals surface area contributed by atoms with Gasteiger partial charge in [-0.2, -0.15) is 10.2 Å². The first-order valence-corrected chi connectivity index (χ1v) is 10.8. The summed E-state index contributed by atoms with van der Waals surface area (Å²) in [5.41, 5.74) is 2.74. The SMILES string of the molecule is CCn1cc(CN2CCCN(c3cnn(Cc4ccccc4)c(=O)c3Cl)CC2)cn1. The van der Waals surface area contributed by atoms with Crippen molar-refractivity contribution in [2.75, 3.05) is 31.1 Å². The van der Waals surface area contributed by atoms with Crippen LogP contribution < -0.4 is 10.5 Å². The third-order valence-electron chi connectivity index (χ3n) is 5.49. The molecule has 8 heteroatoms. The van der Waals surface area contributed by atoms with E-state index in [1.165, 1.54) is 10.2 Å². The van der Waals surface area contributed by atoms with Gasteiger partial charge in [0.15, 0.2) is 0 Å². The van der Waals surface area contributed by atoms with Crippen molar-refractivity contribution in [1.29, 1.82) is 0 Å². The highest BCUT2D eigenvalue weighted by Crippen LogP contribution is 2.23. The molecule has 1 aliphatic heterocycles. The number of benzene rings is 1. The average molecular weight is 427 g/mol. The first-order chi connectivity index (χ1) is 14.6. The van der Waals surface area contributed by atoms with Crippen LogP contribution in [0.15, 0.2) is 53.7 Å². The lowest BCUT2D eigenvalue weighted by atomic mass is 10.2. The second-order valence-electron chi connectivity index (χ2n) is 7.61. The lowest BCUT2D eigenvalue weighted by Gasteiger charge is -2.24. The van der Waals surface area contributed by atoms with E-state index in [0.717, 1.165) is 56.9 Å². The number of hydrogen-bond acceptors (Lipinski definition) is 5.